The second-order valence-corrected chi connectivity index (χ2v) is 4.50. The number of rotatable bonds is 5. The van der Waals surface area contributed by atoms with Gasteiger partial charge in [-0.1, -0.05) is 0 Å². The van der Waals surface area contributed by atoms with Gasteiger partial charge in [-0.2, -0.15) is 0 Å². The Morgan fingerprint density at radius 2 is 2.56 bits per heavy atom. The van der Waals surface area contributed by atoms with Gasteiger partial charge in [0.2, 0.25) is 0 Å². The van der Waals surface area contributed by atoms with Crippen molar-refractivity contribution < 1.29 is 4.74 Å². The SMILES string of the molecule is CC(NCCc1nccn1C)C1CCCO1. The molecule has 0 aromatic carbocycles. The Bertz CT molecular complexity index is 318. The Hall–Kier alpha value is -0.870. The highest BCUT2D eigenvalue weighted by molar-refractivity contribution is 4.92. The predicted octanol–water partition coefficient (Wildman–Crippen LogP) is 1.12. The first-order valence-corrected chi connectivity index (χ1v) is 6.08. The monoisotopic (exact) mass is 223 g/mol. The molecule has 1 aromatic rings. The molecule has 0 aliphatic carbocycles. The van der Waals surface area contributed by atoms with Crippen molar-refractivity contribution in [1.82, 2.24) is 14.9 Å². The zero-order valence-corrected chi connectivity index (χ0v) is 10.1. The maximum absolute atomic E-state index is 5.64. The highest BCUT2D eigenvalue weighted by atomic mass is 16.5. The van der Waals surface area contributed by atoms with Gasteiger partial charge >= 0.3 is 0 Å². The van der Waals surface area contributed by atoms with Gasteiger partial charge in [-0.05, 0) is 19.8 Å². The van der Waals surface area contributed by atoms with Crippen LogP contribution in [0.2, 0.25) is 0 Å². The molecule has 4 nitrogen and oxygen atoms in total. The third kappa shape index (κ3) is 2.83. The van der Waals surface area contributed by atoms with Crippen LogP contribution in [0.1, 0.15) is 25.6 Å². The minimum absolute atomic E-state index is 0.404. The Kier molecular flexibility index (Phi) is 3.96. The summed E-state index contributed by atoms with van der Waals surface area (Å²) in [5.74, 6) is 1.13. The van der Waals surface area contributed by atoms with E-state index in [1.165, 1.54) is 12.8 Å². The number of ether oxygens (including phenoxy) is 1. The molecule has 0 spiro atoms. The van der Waals surface area contributed by atoms with E-state index in [1.54, 1.807) is 0 Å². The smallest absolute Gasteiger partial charge is 0.109 e. The van der Waals surface area contributed by atoms with Crippen LogP contribution in [0.4, 0.5) is 0 Å². The van der Waals surface area contributed by atoms with Crippen molar-refractivity contribution >= 4 is 0 Å². The average Bonchev–Trinajstić information content (AvgIpc) is 2.90. The van der Waals surface area contributed by atoms with Gasteiger partial charge in [0, 0.05) is 45.1 Å². The number of nitrogens with one attached hydrogen (secondary N) is 1. The summed E-state index contributed by atoms with van der Waals surface area (Å²) in [6, 6.07) is 0.447. The summed E-state index contributed by atoms with van der Waals surface area (Å²) >= 11 is 0. The van der Waals surface area contributed by atoms with Crippen molar-refractivity contribution in [3.63, 3.8) is 0 Å². The van der Waals surface area contributed by atoms with E-state index in [0.717, 1.165) is 25.4 Å². The van der Waals surface area contributed by atoms with Gasteiger partial charge in [0.05, 0.1) is 6.10 Å². The largest absolute Gasteiger partial charge is 0.377 e. The van der Waals surface area contributed by atoms with Crippen molar-refractivity contribution in [2.45, 2.75) is 38.3 Å². The van der Waals surface area contributed by atoms with Crippen molar-refractivity contribution in [3.8, 4) is 0 Å². The zero-order valence-electron chi connectivity index (χ0n) is 10.1. The summed E-state index contributed by atoms with van der Waals surface area (Å²) in [6.45, 7) is 4.09. The standard InChI is InChI=1S/C12H21N3O/c1-10(11-4-3-9-16-11)13-6-5-12-14-7-8-15(12)2/h7-8,10-11,13H,3-6,9H2,1-2H3. The van der Waals surface area contributed by atoms with E-state index < -0.39 is 0 Å². The van der Waals surface area contributed by atoms with Crippen LogP contribution in [0.5, 0.6) is 0 Å². The van der Waals surface area contributed by atoms with Crippen LogP contribution in [0, 0.1) is 0 Å². The minimum atomic E-state index is 0.404. The van der Waals surface area contributed by atoms with Crippen molar-refractivity contribution in [2.24, 2.45) is 7.05 Å². The van der Waals surface area contributed by atoms with Crippen LogP contribution in [-0.4, -0.2) is 34.8 Å². The Labute approximate surface area is 97.0 Å². The van der Waals surface area contributed by atoms with Gasteiger partial charge in [0.15, 0.2) is 0 Å². The lowest BCUT2D eigenvalue weighted by molar-refractivity contribution is 0.0839. The molecule has 0 saturated carbocycles. The van der Waals surface area contributed by atoms with E-state index in [-0.39, 0.29) is 0 Å². The quantitative estimate of drug-likeness (QED) is 0.813. The second-order valence-electron chi connectivity index (χ2n) is 4.50. The number of nitrogens with zero attached hydrogens (tertiary/aromatic N) is 2. The molecular weight excluding hydrogens is 202 g/mol. The Morgan fingerprint density at radius 3 is 3.19 bits per heavy atom. The molecule has 2 atom stereocenters. The van der Waals surface area contributed by atoms with Gasteiger partial charge in [0.1, 0.15) is 5.82 Å². The van der Waals surface area contributed by atoms with Crippen molar-refractivity contribution in [1.29, 1.82) is 0 Å². The number of aryl methyl sites for hydroxylation is 1. The lowest BCUT2D eigenvalue weighted by Crippen LogP contribution is -2.38. The van der Waals surface area contributed by atoms with Gasteiger partial charge in [0.25, 0.3) is 0 Å². The van der Waals surface area contributed by atoms with E-state index >= 15 is 0 Å². The fraction of sp³-hybridized carbons (Fsp3) is 0.750. The highest BCUT2D eigenvalue weighted by Gasteiger charge is 2.21. The first-order chi connectivity index (χ1) is 7.77. The van der Waals surface area contributed by atoms with E-state index in [1.807, 2.05) is 19.4 Å². The molecular formula is C12H21N3O. The van der Waals surface area contributed by atoms with E-state index in [0.29, 0.717) is 12.1 Å². The first kappa shape index (κ1) is 11.6. The molecule has 2 unspecified atom stereocenters. The summed E-state index contributed by atoms with van der Waals surface area (Å²) in [5.41, 5.74) is 0. The van der Waals surface area contributed by atoms with E-state index in [9.17, 15) is 0 Å². The fourth-order valence-electron chi connectivity index (χ4n) is 2.18. The molecule has 0 bridgehead atoms. The molecule has 1 aliphatic rings. The van der Waals surface area contributed by atoms with Crippen LogP contribution in [0.25, 0.3) is 0 Å². The number of imidazole rings is 1. The third-order valence-electron chi connectivity index (χ3n) is 3.26. The molecule has 0 radical (unpaired) electrons. The van der Waals surface area contributed by atoms with Crippen LogP contribution >= 0.6 is 0 Å². The maximum Gasteiger partial charge on any atom is 0.109 e. The molecule has 2 heterocycles. The molecule has 2 rings (SSSR count). The summed E-state index contributed by atoms with van der Waals surface area (Å²) in [5, 5.41) is 3.51. The molecule has 1 aliphatic heterocycles. The molecule has 0 amide bonds. The van der Waals surface area contributed by atoms with E-state index in [2.05, 4.69) is 21.8 Å². The van der Waals surface area contributed by atoms with Gasteiger partial charge < -0.3 is 14.6 Å². The maximum atomic E-state index is 5.64. The van der Waals surface area contributed by atoms with Gasteiger partial charge in [-0.15, -0.1) is 0 Å². The molecule has 16 heavy (non-hydrogen) atoms. The molecule has 1 N–H and O–H groups in total. The summed E-state index contributed by atoms with van der Waals surface area (Å²) < 4.78 is 7.71. The Morgan fingerprint density at radius 1 is 1.69 bits per heavy atom. The molecule has 1 fully saturated rings. The zero-order chi connectivity index (χ0) is 11.4. The van der Waals surface area contributed by atoms with Crippen molar-refractivity contribution in [2.75, 3.05) is 13.2 Å². The van der Waals surface area contributed by atoms with Crippen LogP contribution in [-0.2, 0) is 18.2 Å². The molecule has 4 heteroatoms. The van der Waals surface area contributed by atoms with Gasteiger partial charge in [-0.3, -0.25) is 0 Å². The number of hydrogen-bond donors (Lipinski definition) is 1. The summed E-state index contributed by atoms with van der Waals surface area (Å²) in [4.78, 5) is 4.30. The number of aromatic nitrogens is 2. The third-order valence-corrected chi connectivity index (χ3v) is 3.26. The Balaban J connectivity index is 1.69. The van der Waals surface area contributed by atoms with Crippen LogP contribution in [0.3, 0.4) is 0 Å². The summed E-state index contributed by atoms with van der Waals surface area (Å²) in [6.07, 6.45) is 7.60. The molecule has 90 valence electrons. The second kappa shape index (κ2) is 5.46. The summed E-state index contributed by atoms with van der Waals surface area (Å²) in [7, 11) is 2.03. The topological polar surface area (TPSA) is 39.1 Å². The minimum Gasteiger partial charge on any atom is -0.377 e. The van der Waals surface area contributed by atoms with Crippen molar-refractivity contribution in [3.05, 3.63) is 18.2 Å². The lowest BCUT2D eigenvalue weighted by Gasteiger charge is -2.19. The predicted molar refractivity (Wildman–Crippen MR) is 63.4 cm³/mol. The number of hydrogen-bond acceptors (Lipinski definition) is 3. The lowest BCUT2D eigenvalue weighted by atomic mass is 10.1. The normalized spacial score (nSPS) is 22.5. The highest BCUT2D eigenvalue weighted by Crippen LogP contribution is 2.15. The van der Waals surface area contributed by atoms with Gasteiger partial charge in [-0.25, -0.2) is 4.98 Å². The molecule has 1 aromatic heterocycles. The average molecular weight is 223 g/mol. The van der Waals surface area contributed by atoms with Crippen LogP contribution < -0.4 is 5.32 Å². The first-order valence-electron chi connectivity index (χ1n) is 6.08. The van der Waals surface area contributed by atoms with E-state index in [4.69, 9.17) is 4.74 Å². The molecule has 1 saturated heterocycles. The van der Waals surface area contributed by atoms with Crippen LogP contribution in [0.15, 0.2) is 12.4 Å². The fourth-order valence-corrected chi connectivity index (χ4v) is 2.18.